The summed E-state index contributed by atoms with van der Waals surface area (Å²) in [4.78, 5) is 3.84. The van der Waals surface area contributed by atoms with Crippen molar-refractivity contribution >= 4 is 27.4 Å². The lowest BCUT2D eigenvalue weighted by Gasteiger charge is -2.05. The molecule has 0 aliphatic heterocycles. The van der Waals surface area contributed by atoms with Crippen molar-refractivity contribution in [2.45, 2.75) is 6.92 Å². The zero-order valence-corrected chi connectivity index (χ0v) is 8.78. The van der Waals surface area contributed by atoms with Gasteiger partial charge in [-0.15, -0.1) is 0 Å². The van der Waals surface area contributed by atoms with E-state index in [-0.39, 0.29) is 0 Å². The van der Waals surface area contributed by atoms with Crippen LogP contribution in [0.1, 0.15) is 5.56 Å². The number of aryl methyl sites for hydroxylation is 1. The molecule has 0 aromatic carbocycles. The number of hydrogen-bond donors (Lipinski definition) is 1. The van der Waals surface area contributed by atoms with Crippen molar-refractivity contribution < 1.29 is 8.42 Å². The Morgan fingerprint density at radius 2 is 2.15 bits per heavy atom. The molecule has 0 radical (unpaired) electrons. The summed E-state index contributed by atoms with van der Waals surface area (Å²) in [5.41, 5.74) is 0.693. The summed E-state index contributed by atoms with van der Waals surface area (Å²) in [5, 5.41) is 0.483. The number of halogens is 1. The maximum Gasteiger partial charge on any atom is 0.230 e. The van der Waals surface area contributed by atoms with E-state index in [1.54, 1.807) is 13.0 Å². The predicted octanol–water partition coefficient (Wildman–Crippen LogP) is 1.41. The number of rotatable bonds is 2. The van der Waals surface area contributed by atoms with E-state index >= 15 is 0 Å². The molecule has 1 aromatic rings. The largest absolute Gasteiger partial charge is 0.267 e. The van der Waals surface area contributed by atoms with Crippen molar-refractivity contribution in [1.82, 2.24) is 4.98 Å². The van der Waals surface area contributed by atoms with Crippen molar-refractivity contribution in [3.63, 3.8) is 0 Å². The molecule has 0 amide bonds. The molecule has 4 nitrogen and oxygen atoms in total. The van der Waals surface area contributed by atoms with E-state index in [0.29, 0.717) is 16.4 Å². The van der Waals surface area contributed by atoms with Gasteiger partial charge in [0.1, 0.15) is 5.82 Å². The van der Waals surface area contributed by atoms with Gasteiger partial charge in [0.05, 0.1) is 11.3 Å². The molecule has 0 unspecified atom stereocenters. The van der Waals surface area contributed by atoms with Crippen LogP contribution in [-0.4, -0.2) is 19.7 Å². The van der Waals surface area contributed by atoms with Gasteiger partial charge in [0.15, 0.2) is 0 Å². The van der Waals surface area contributed by atoms with Gasteiger partial charge in [0.25, 0.3) is 0 Å². The number of anilines is 1. The van der Waals surface area contributed by atoms with Gasteiger partial charge in [-0.1, -0.05) is 11.6 Å². The minimum absolute atomic E-state index is 0.312. The lowest BCUT2D eigenvalue weighted by molar-refractivity contribution is 0.606. The maximum absolute atomic E-state index is 10.9. The smallest absolute Gasteiger partial charge is 0.230 e. The van der Waals surface area contributed by atoms with Crippen LogP contribution in [-0.2, 0) is 10.0 Å². The Hall–Kier alpha value is -0.810. The lowest BCUT2D eigenvalue weighted by Crippen LogP contribution is -2.11. The van der Waals surface area contributed by atoms with E-state index in [9.17, 15) is 8.42 Å². The Balaban J connectivity index is 3.04. The first-order valence-electron chi connectivity index (χ1n) is 3.48. The first-order chi connectivity index (χ1) is 5.88. The molecule has 0 saturated carbocycles. The molecule has 6 heteroatoms. The average molecular weight is 221 g/mol. The van der Waals surface area contributed by atoms with E-state index in [0.717, 1.165) is 6.26 Å². The van der Waals surface area contributed by atoms with Crippen LogP contribution in [0.15, 0.2) is 12.3 Å². The molecular weight excluding hydrogens is 212 g/mol. The third-order valence-electron chi connectivity index (χ3n) is 1.33. The fourth-order valence-electron chi connectivity index (χ4n) is 0.823. The van der Waals surface area contributed by atoms with Crippen LogP contribution in [0.3, 0.4) is 0 Å². The summed E-state index contributed by atoms with van der Waals surface area (Å²) in [6, 6.07) is 1.64. The van der Waals surface area contributed by atoms with Crippen molar-refractivity contribution in [3.05, 3.63) is 22.8 Å². The van der Waals surface area contributed by atoms with E-state index in [4.69, 9.17) is 11.6 Å². The molecule has 0 saturated heterocycles. The standard InChI is InChI=1S/C7H9ClN2O2S/c1-5-3-6(8)4-9-7(5)10-13(2,11)12/h3-4H,1-2H3,(H,9,10). The first kappa shape index (κ1) is 10.3. The van der Waals surface area contributed by atoms with Crippen LogP contribution in [0.4, 0.5) is 5.82 Å². The second-order valence-electron chi connectivity index (χ2n) is 2.69. The summed E-state index contributed by atoms with van der Waals surface area (Å²) < 4.78 is 24.0. The fraction of sp³-hybridized carbons (Fsp3) is 0.286. The van der Waals surface area contributed by atoms with Gasteiger partial charge < -0.3 is 0 Å². The molecule has 0 aliphatic carbocycles. The van der Waals surface area contributed by atoms with Crippen molar-refractivity contribution in [1.29, 1.82) is 0 Å². The average Bonchev–Trinajstić information content (AvgIpc) is 1.93. The Kier molecular flexibility index (Phi) is 2.77. The lowest BCUT2D eigenvalue weighted by atomic mass is 10.3. The van der Waals surface area contributed by atoms with E-state index in [1.165, 1.54) is 6.20 Å². The Bertz CT molecular complexity index is 417. The molecule has 0 bridgehead atoms. The molecule has 0 atom stereocenters. The first-order valence-corrected chi connectivity index (χ1v) is 5.75. The highest BCUT2D eigenvalue weighted by Crippen LogP contribution is 2.16. The van der Waals surface area contributed by atoms with Crippen LogP contribution in [0, 0.1) is 6.92 Å². The molecule has 1 aromatic heterocycles. The van der Waals surface area contributed by atoms with Crippen LogP contribution in [0.5, 0.6) is 0 Å². The van der Waals surface area contributed by atoms with Gasteiger partial charge >= 0.3 is 0 Å². The molecule has 13 heavy (non-hydrogen) atoms. The van der Waals surface area contributed by atoms with Crippen LogP contribution in [0.2, 0.25) is 5.02 Å². The maximum atomic E-state index is 10.9. The van der Waals surface area contributed by atoms with Gasteiger partial charge in [-0.3, -0.25) is 4.72 Å². The van der Waals surface area contributed by atoms with Gasteiger partial charge in [-0.25, -0.2) is 13.4 Å². The van der Waals surface area contributed by atoms with Crippen molar-refractivity contribution in [2.24, 2.45) is 0 Å². The zero-order valence-electron chi connectivity index (χ0n) is 7.20. The molecule has 0 spiro atoms. The summed E-state index contributed by atoms with van der Waals surface area (Å²) in [5.74, 6) is 0.312. The minimum Gasteiger partial charge on any atom is -0.267 e. The second-order valence-corrected chi connectivity index (χ2v) is 4.88. The number of hydrogen-bond acceptors (Lipinski definition) is 3. The Morgan fingerprint density at radius 3 is 2.62 bits per heavy atom. The third kappa shape index (κ3) is 3.20. The van der Waals surface area contributed by atoms with Crippen LogP contribution in [0.25, 0.3) is 0 Å². The summed E-state index contributed by atoms with van der Waals surface area (Å²) in [7, 11) is -3.27. The SMILES string of the molecule is Cc1cc(Cl)cnc1NS(C)(=O)=O. The zero-order chi connectivity index (χ0) is 10.1. The number of nitrogens with one attached hydrogen (secondary N) is 1. The fourth-order valence-corrected chi connectivity index (χ4v) is 1.60. The quantitative estimate of drug-likeness (QED) is 0.820. The molecule has 72 valence electrons. The Labute approximate surface area is 82.0 Å². The van der Waals surface area contributed by atoms with Gasteiger partial charge in [-0.2, -0.15) is 0 Å². The van der Waals surface area contributed by atoms with Crippen molar-refractivity contribution in [2.75, 3.05) is 11.0 Å². The van der Waals surface area contributed by atoms with Crippen molar-refractivity contribution in [3.8, 4) is 0 Å². The van der Waals surface area contributed by atoms with Gasteiger partial charge in [0, 0.05) is 6.20 Å². The number of sulfonamides is 1. The van der Waals surface area contributed by atoms with Gasteiger partial charge in [0.2, 0.25) is 10.0 Å². The summed E-state index contributed by atoms with van der Waals surface area (Å²) in [6.07, 6.45) is 2.46. The topological polar surface area (TPSA) is 59.1 Å². The van der Waals surface area contributed by atoms with E-state index in [1.807, 2.05) is 0 Å². The number of nitrogens with zero attached hydrogens (tertiary/aromatic N) is 1. The normalized spacial score (nSPS) is 11.3. The predicted molar refractivity (Wildman–Crippen MR) is 52.5 cm³/mol. The highest BCUT2D eigenvalue weighted by Gasteiger charge is 2.05. The van der Waals surface area contributed by atoms with E-state index < -0.39 is 10.0 Å². The third-order valence-corrected chi connectivity index (χ3v) is 2.10. The highest BCUT2D eigenvalue weighted by atomic mass is 35.5. The van der Waals surface area contributed by atoms with Crippen LogP contribution >= 0.6 is 11.6 Å². The second kappa shape index (κ2) is 3.51. The monoisotopic (exact) mass is 220 g/mol. The minimum atomic E-state index is -3.27. The molecule has 1 heterocycles. The molecular formula is C7H9ClN2O2S. The van der Waals surface area contributed by atoms with Crippen LogP contribution < -0.4 is 4.72 Å². The van der Waals surface area contributed by atoms with Gasteiger partial charge in [-0.05, 0) is 18.6 Å². The highest BCUT2D eigenvalue weighted by molar-refractivity contribution is 7.92. The number of aromatic nitrogens is 1. The molecule has 0 fully saturated rings. The van der Waals surface area contributed by atoms with E-state index in [2.05, 4.69) is 9.71 Å². The summed E-state index contributed by atoms with van der Waals surface area (Å²) >= 11 is 5.65. The Morgan fingerprint density at radius 1 is 1.54 bits per heavy atom. The molecule has 0 aliphatic rings. The summed E-state index contributed by atoms with van der Waals surface area (Å²) in [6.45, 7) is 1.73. The molecule has 1 rings (SSSR count). The molecule has 1 N–H and O–H groups in total. The number of pyridine rings is 1.